The van der Waals surface area contributed by atoms with Crippen LogP contribution in [0.2, 0.25) is 0 Å². The Bertz CT molecular complexity index is 1150. The lowest BCUT2D eigenvalue weighted by Crippen LogP contribution is -2.49. The van der Waals surface area contributed by atoms with Gasteiger partial charge in [-0.05, 0) is 24.3 Å². The molecular weight excluding hydrogens is 458 g/mol. The Morgan fingerprint density at radius 3 is 2.61 bits per heavy atom. The molecule has 0 radical (unpaired) electrons. The Hall–Kier alpha value is -3.66. The average molecular weight is 476 g/mol. The summed E-state index contributed by atoms with van der Waals surface area (Å²) in [6, 6.07) is 7.82. The zero-order chi connectivity index (χ0) is 23.4. The molecule has 0 atom stereocenters. The van der Waals surface area contributed by atoms with E-state index in [1.165, 1.54) is 24.3 Å². The lowest BCUT2D eigenvalue weighted by molar-refractivity contribution is -0.128. The van der Waals surface area contributed by atoms with E-state index in [4.69, 9.17) is 8.83 Å². The fraction of sp³-hybridized carbons (Fsp3) is 0.350. The number of thioether (sulfide) groups is 1. The highest BCUT2D eigenvalue weighted by molar-refractivity contribution is 7.99. The molecule has 3 heterocycles. The minimum absolute atomic E-state index is 0.0239. The van der Waals surface area contributed by atoms with Crippen LogP contribution in [-0.2, 0) is 4.79 Å². The van der Waals surface area contributed by atoms with Crippen LogP contribution in [0.4, 0.5) is 14.7 Å². The number of nitrogens with zero attached hydrogens (tertiary/aromatic N) is 6. The minimum Gasteiger partial charge on any atom is -0.435 e. The van der Waals surface area contributed by atoms with Crippen LogP contribution in [-0.4, -0.2) is 64.5 Å². The lowest BCUT2D eigenvalue weighted by atomic mass is 10.2. The molecule has 1 aliphatic heterocycles. The quantitative estimate of drug-likeness (QED) is 0.471. The number of piperazine rings is 1. The topological polar surface area (TPSA) is 122 Å². The largest absolute Gasteiger partial charge is 0.435 e. The van der Waals surface area contributed by atoms with Crippen molar-refractivity contribution < 1.29 is 27.1 Å². The summed E-state index contributed by atoms with van der Waals surface area (Å²) in [5, 5.41) is 17.3. The monoisotopic (exact) mass is 476 g/mol. The van der Waals surface area contributed by atoms with E-state index in [-0.39, 0.29) is 34.2 Å². The van der Waals surface area contributed by atoms with Gasteiger partial charge in [-0.25, -0.2) is 4.98 Å². The van der Waals surface area contributed by atoms with Gasteiger partial charge in [-0.1, -0.05) is 11.8 Å². The summed E-state index contributed by atoms with van der Waals surface area (Å²) in [5.74, 6) is 1.13. The summed E-state index contributed by atoms with van der Waals surface area (Å²) >= 11 is 1.12. The number of hydrogen-bond donors (Lipinski definition) is 0. The number of oxazole rings is 1. The molecule has 1 amide bonds. The summed E-state index contributed by atoms with van der Waals surface area (Å²) in [4.78, 5) is 20.2. The third-order valence-corrected chi connectivity index (χ3v) is 5.60. The molecule has 33 heavy (non-hydrogen) atoms. The van der Waals surface area contributed by atoms with E-state index in [0.29, 0.717) is 43.5 Å². The number of carbonyl (C=O) groups excluding carboxylic acids is 1. The summed E-state index contributed by atoms with van der Waals surface area (Å²) < 4.78 is 39.9. The molecule has 0 spiro atoms. The van der Waals surface area contributed by atoms with E-state index in [9.17, 15) is 18.8 Å². The molecule has 4 rings (SSSR count). The number of amides is 1. The molecule has 0 saturated carbocycles. The highest BCUT2D eigenvalue weighted by Gasteiger charge is 2.26. The number of hydrogen-bond acceptors (Lipinski definition) is 10. The fourth-order valence-corrected chi connectivity index (χ4v) is 3.91. The maximum absolute atomic E-state index is 12.6. The number of carbonyl (C=O) groups is 1. The zero-order valence-corrected chi connectivity index (χ0v) is 18.2. The molecule has 13 heteroatoms. The van der Waals surface area contributed by atoms with Crippen molar-refractivity contribution in [1.82, 2.24) is 20.1 Å². The lowest BCUT2D eigenvalue weighted by Gasteiger charge is -2.34. The van der Waals surface area contributed by atoms with Gasteiger partial charge in [0.15, 0.2) is 5.89 Å². The van der Waals surface area contributed by atoms with Crippen molar-refractivity contribution >= 4 is 23.6 Å². The minimum atomic E-state index is -2.90. The van der Waals surface area contributed by atoms with Crippen LogP contribution in [0.15, 0.2) is 38.3 Å². The van der Waals surface area contributed by atoms with Gasteiger partial charge in [0.05, 0.1) is 5.75 Å². The first-order valence-corrected chi connectivity index (χ1v) is 10.8. The number of nitriles is 1. The van der Waals surface area contributed by atoms with E-state index in [2.05, 4.69) is 19.9 Å². The van der Waals surface area contributed by atoms with Crippen molar-refractivity contribution in [2.45, 2.75) is 18.8 Å². The Balaban J connectivity index is 1.28. The number of anilines is 1. The van der Waals surface area contributed by atoms with Crippen LogP contribution in [0.3, 0.4) is 0 Å². The van der Waals surface area contributed by atoms with E-state index in [1.807, 2.05) is 11.0 Å². The Labute approximate surface area is 191 Å². The maximum Gasteiger partial charge on any atom is 0.387 e. The molecule has 1 saturated heterocycles. The van der Waals surface area contributed by atoms with Crippen LogP contribution in [0.5, 0.6) is 5.75 Å². The van der Waals surface area contributed by atoms with Gasteiger partial charge in [0.25, 0.3) is 5.22 Å². The van der Waals surface area contributed by atoms with Crippen molar-refractivity contribution in [3.05, 3.63) is 35.9 Å². The molecule has 0 N–H and O–H groups in total. The number of aryl methyl sites for hydroxylation is 1. The van der Waals surface area contributed by atoms with Crippen molar-refractivity contribution in [3.63, 3.8) is 0 Å². The Morgan fingerprint density at radius 1 is 1.21 bits per heavy atom. The molecule has 1 aliphatic rings. The maximum atomic E-state index is 12.6. The average Bonchev–Trinajstić information content (AvgIpc) is 3.44. The third kappa shape index (κ3) is 5.40. The Morgan fingerprint density at radius 2 is 1.94 bits per heavy atom. The van der Waals surface area contributed by atoms with Crippen LogP contribution < -0.4 is 9.64 Å². The third-order valence-electron chi connectivity index (χ3n) is 4.79. The van der Waals surface area contributed by atoms with Gasteiger partial charge < -0.3 is 23.4 Å². The Kier molecular flexibility index (Phi) is 6.74. The van der Waals surface area contributed by atoms with Crippen LogP contribution in [0.25, 0.3) is 11.5 Å². The molecule has 1 aromatic carbocycles. The van der Waals surface area contributed by atoms with E-state index >= 15 is 0 Å². The van der Waals surface area contributed by atoms with Crippen LogP contribution >= 0.6 is 11.8 Å². The number of alkyl halides is 2. The van der Waals surface area contributed by atoms with E-state index in [1.54, 1.807) is 11.8 Å². The molecule has 10 nitrogen and oxygen atoms in total. The number of ether oxygens (including phenoxy) is 1. The summed E-state index contributed by atoms with van der Waals surface area (Å²) in [6.07, 6.45) is 0. The van der Waals surface area contributed by atoms with Gasteiger partial charge in [-0.15, -0.1) is 10.2 Å². The zero-order valence-electron chi connectivity index (χ0n) is 17.4. The van der Waals surface area contributed by atoms with E-state index < -0.39 is 6.61 Å². The molecular formula is C20H18F2N6O4S. The van der Waals surface area contributed by atoms with Gasteiger partial charge in [-0.3, -0.25) is 4.79 Å². The predicted octanol–water partition coefficient (Wildman–Crippen LogP) is 2.95. The van der Waals surface area contributed by atoms with Crippen molar-refractivity contribution in [1.29, 1.82) is 5.26 Å². The molecule has 0 aliphatic carbocycles. The van der Waals surface area contributed by atoms with Crippen LogP contribution in [0.1, 0.15) is 11.6 Å². The SMILES string of the molecule is Cc1nc(C#N)c(N2CCN(C(=O)CSc3nnc(-c4ccc(OC(F)F)cc4)o3)CC2)o1. The second-order valence-corrected chi connectivity index (χ2v) is 7.86. The first-order chi connectivity index (χ1) is 15.9. The molecule has 0 bridgehead atoms. The number of aromatic nitrogens is 3. The molecule has 3 aromatic rings. The van der Waals surface area contributed by atoms with Crippen LogP contribution in [0, 0.1) is 18.3 Å². The number of rotatable bonds is 7. The standard InChI is InChI=1S/C20H18F2N6O4S/c1-12-24-15(10-23)18(30-12)28-8-6-27(7-9-28)16(29)11-33-20-26-25-17(32-20)13-2-4-14(5-3-13)31-19(21)22/h2-5,19H,6-9,11H2,1H3. The van der Waals surface area contributed by atoms with Crippen molar-refractivity contribution in [3.8, 4) is 23.3 Å². The van der Waals surface area contributed by atoms with Gasteiger partial charge in [-0.2, -0.15) is 14.0 Å². The highest BCUT2D eigenvalue weighted by atomic mass is 32.2. The van der Waals surface area contributed by atoms with Crippen molar-refractivity contribution in [2.24, 2.45) is 0 Å². The normalized spacial score (nSPS) is 13.9. The van der Waals surface area contributed by atoms with Gasteiger partial charge in [0.1, 0.15) is 11.8 Å². The van der Waals surface area contributed by atoms with Gasteiger partial charge >= 0.3 is 6.61 Å². The highest BCUT2D eigenvalue weighted by Crippen LogP contribution is 2.26. The number of halogens is 2. The van der Waals surface area contributed by atoms with Crippen molar-refractivity contribution in [2.75, 3.05) is 36.8 Å². The number of benzene rings is 1. The molecule has 172 valence electrons. The van der Waals surface area contributed by atoms with Gasteiger partial charge in [0, 0.05) is 38.7 Å². The molecule has 2 aromatic heterocycles. The predicted molar refractivity (Wildman–Crippen MR) is 112 cm³/mol. The molecule has 1 fully saturated rings. The smallest absolute Gasteiger partial charge is 0.387 e. The van der Waals surface area contributed by atoms with Gasteiger partial charge in [0.2, 0.25) is 23.4 Å². The molecule has 0 unspecified atom stereocenters. The summed E-state index contributed by atoms with van der Waals surface area (Å²) in [7, 11) is 0. The first-order valence-electron chi connectivity index (χ1n) is 9.84. The fourth-order valence-electron chi connectivity index (χ4n) is 3.24. The summed E-state index contributed by atoms with van der Waals surface area (Å²) in [6.45, 7) is 0.786. The second-order valence-electron chi connectivity index (χ2n) is 6.93. The first kappa shape index (κ1) is 22.5. The summed E-state index contributed by atoms with van der Waals surface area (Å²) in [5.41, 5.74) is 0.782. The second kappa shape index (κ2) is 9.86. The van der Waals surface area contributed by atoms with E-state index in [0.717, 1.165) is 11.8 Å².